The van der Waals surface area contributed by atoms with Crippen molar-refractivity contribution >= 4 is 17.9 Å². The Balaban J connectivity index is 4.94. The van der Waals surface area contributed by atoms with Crippen LogP contribution in [0.5, 0.6) is 0 Å². The average molecular weight is 300 g/mol. The zero-order valence-electron chi connectivity index (χ0n) is 13.2. The zero-order chi connectivity index (χ0) is 16.6. The molecule has 120 valence electrons. The molecule has 0 bridgehead atoms. The second-order valence-corrected chi connectivity index (χ2v) is 4.76. The summed E-state index contributed by atoms with van der Waals surface area (Å²) in [7, 11) is 1.53. The van der Waals surface area contributed by atoms with Crippen molar-refractivity contribution < 1.29 is 24.2 Å². The third-order valence-corrected chi connectivity index (χ3v) is 3.36. The molecule has 0 aromatic heterocycles. The lowest BCUT2D eigenvalue weighted by atomic mass is 10.1. The van der Waals surface area contributed by atoms with Gasteiger partial charge in [0.25, 0.3) is 5.91 Å². The Kier molecular flexibility index (Phi) is 8.30. The summed E-state index contributed by atoms with van der Waals surface area (Å²) in [5.74, 6) is -1.89. The predicted octanol–water partition coefficient (Wildman–Crippen LogP) is 1.39. The molecule has 0 aromatic carbocycles. The topological polar surface area (TPSA) is 95.9 Å². The number of urea groups is 1. The molecule has 0 aliphatic rings. The fraction of sp³-hybridized carbons (Fsp3) is 0.643. The molecule has 0 saturated carbocycles. The van der Waals surface area contributed by atoms with Crippen molar-refractivity contribution in [2.24, 2.45) is 0 Å². The highest BCUT2D eigenvalue weighted by Gasteiger charge is 2.22. The van der Waals surface area contributed by atoms with Gasteiger partial charge >= 0.3 is 12.0 Å². The van der Waals surface area contributed by atoms with Crippen LogP contribution in [0.2, 0.25) is 0 Å². The number of carboxylic acid groups (broad SMARTS) is 1. The highest BCUT2D eigenvalue weighted by Crippen LogP contribution is 2.07. The predicted molar refractivity (Wildman–Crippen MR) is 77.9 cm³/mol. The van der Waals surface area contributed by atoms with Crippen molar-refractivity contribution in [3.63, 3.8) is 0 Å². The number of nitrogens with one attached hydrogen (secondary N) is 1. The van der Waals surface area contributed by atoms with E-state index in [1.165, 1.54) is 25.9 Å². The van der Waals surface area contributed by atoms with E-state index >= 15 is 0 Å². The highest BCUT2D eigenvalue weighted by atomic mass is 16.5. The van der Waals surface area contributed by atoms with Gasteiger partial charge in [-0.05, 0) is 27.2 Å². The summed E-state index contributed by atoms with van der Waals surface area (Å²) >= 11 is 0. The SMILES string of the molecule is CCC(C)N(CCOC)C(=O)NC(=O)C(C)=C(C)C(=O)O. The van der Waals surface area contributed by atoms with Gasteiger partial charge in [-0.15, -0.1) is 0 Å². The van der Waals surface area contributed by atoms with Gasteiger partial charge in [-0.25, -0.2) is 9.59 Å². The van der Waals surface area contributed by atoms with Gasteiger partial charge in [-0.3, -0.25) is 10.1 Å². The van der Waals surface area contributed by atoms with Gasteiger partial charge in [-0.1, -0.05) is 6.92 Å². The summed E-state index contributed by atoms with van der Waals surface area (Å²) in [5.41, 5.74) is -0.0843. The van der Waals surface area contributed by atoms with Crippen LogP contribution in [0.3, 0.4) is 0 Å². The van der Waals surface area contributed by atoms with E-state index in [0.717, 1.165) is 6.42 Å². The van der Waals surface area contributed by atoms with Crippen molar-refractivity contribution in [3.8, 4) is 0 Å². The Morgan fingerprint density at radius 1 is 1.24 bits per heavy atom. The number of aliphatic carboxylic acids is 1. The van der Waals surface area contributed by atoms with E-state index in [4.69, 9.17) is 9.84 Å². The van der Waals surface area contributed by atoms with Gasteiger partial charge in [-0.2, -0.15) is 0 Å². The molecule has 21 heavy (non-hydrogen) atoms. The Morgan fingerprint density at radius 3 is 2.24 bits per heavy atom. The monoisotopic (exact) mass is 300 g/mol. The lowest BCUT2D eigenvalue weighted by Gasteiger charge is -2.28. The third-order valence-electron chi connectivity index (χ3n) is 3.36. The number of hydrogen-bond donors (Lipinski definition) is 2. The second-order valence-electron chi connectivity index (χ2n) is 4.76. The van der Waals surface area contributed by atoms with Crippen molar-refractivity contribution in [1.29, 1.82) is 0 Å². The van der Waals surface area contributed by atoms with E-state index in [0.29, 0.717) is 13.2 Å². The lowest BCUT2D eigenvalue weighted by Crippen LogP contribution is -2.48. The van der Waals surface area contributed by atoms with Crippen molar-refractivity contribution in [1.82, 2.24) is 10.2 Å². The molecule has 1 atom stereocenters. The molecular weight excluding hydrogens is 276 g/mol. The molecule has 2 N–H and O–H groups in total. The first-order valence-electron chi connectivity index (χ1n) is 6.77. The van der Waals surface area contributed by atoms with Crippen molar-refractivity contribution in [2.45, 2.75) is 40.2 Å². The van der Waals surface area contributed by atoms with E-state index in [1.54, 1.807) is 0 Å². The maximum atomic E-state index is 12.1. The molecular formula is C14H24N2O5. The van der Waals surface area contributed by atoms with E-state index in [9.17, 15) is 14.4 Å². The molecule has 0 aliphatic heterocycles. The van der Waals surface area contributed by atoms with Crippen LogP contribution in [-0.2, 0) is 14.3 Å². The first-order valence-corrected chi connectivity index (χ1v) is 6.77. The second kappa shape index (κ2) is 9.12. The minimum Gasteiger partial charge on any atom is -0.478 e. The van der Waals surface area contributed by atoms with E-state index in [1.807, 2.05) is 13.8 Å². The molecule has 0 heterocycles. The fourth-order valence-electron chi connectivity index (χ4n) is 1.53. The number of ether oxygens (including phenoxy) is 1. The van der Waals surface area contributed by atoms with Gasteiger partial charge in [0, 0.05) is 30.8 Å². The first-order chi connectivity index (χ1) is 9.76. The number of imide groups is 1. The fourth-order valence-corrected chi connectivity index (χ4v) is 1.53. The summed E-state index contributed by atoms with van der Waals surface area (Å²) in [5, 5.41) is 11.0. The van der Waals surface area contributed by atoms with Crippen molar-refractivity contribution in [2.75, 3.05) is 20.3 Å². The van der Waals surface area contributed by atoms with Gasteiger partial charge in [0.15, 0.2) is 0 Å². The number of methoxy groups -OCH3 is 1. The van der Waals surface area contributed by atoms with Crippen LogP contribution >= 0.6 is 0 Å². The van der Waals surface area contributed by atoms with Crippen LogP contribution < -0.4 is 5.32 Å². The minimum atomic E-state index is -1.19. The normalized spacial score (nSPS) is 13.2. The molecule has 0 rings (SSSR count). The number of carboxylic acids is 1. The Hall–Kier alpha value is -1.89. The Bertz CT molecular complexity index is 431. The Labute approximate surface area is 124 Å². The third kappa shape index (κ3) is 5.95. The number of hydrogen-bond acceptors (Lipinski definition) is 4. The molecule has 0 radical (unpaired) electrons. The molecule has 7 heteroatoms. The van der Waals surface area contributed by atoms with Gasteiger partial charge in [0.05, 0.1) is 6.61 Å². The van der Waals surface area contributed by atoms with Crippen LogP contribution in [0, 0.1) is 0 Å². The average Bonchev–Trinajstić information content (AvgIpc) is 2.45. The standard InChI is InChI=1S/C14H24N2O5/c1-6-9(2)16(7-8-21-5)14(20)15-12(17)10(3)11(4)13(18)19/h9H,6-8H2,1-5H3,(H,18,19)(H,15,17,20). The summed E-state index contributed by atoms with van der Waals surface area (Å²) < 4.78 is 4.95. The van der Waals surface area contributed by atoms with Crippen LogP contribution in [0.4, 0.5) is 4.79 Å². The largest absolute Gasteiger partial charge is 0.478 e. The van der Waals surface area contributed by atoms with E-state index in [-0.39, 0.29) is 17.2 Å². The highest BCUT2D eigenvalue weighted by molar-refractivity contribution is 6.07. The summed E-state index contributed by atoms with van der Waals surface area (Å²) in [6.45, 7) is 7.19. The van der Waals surface area contributed by atoms with Gasteiger partial charge < -0.3 is 14.7 Å². The maximum Gasteiger partial charge on any atom is 0.331 e. The van der Waals surface area contributed by atoms with E-state index < -0.39 is 17.9 Å². The minimum absolute atomic E-state index is 0.00620. The van der Waals surface area contributed by atoms with Gasteiger partial charge in [0.1, 0.15) is 0 Å². The van der Waals surface area contributed by atoms with Crippen LogP contribution in [0.25, 0.3) is 0 Å². The van der Waals surface area contributed by atoms with Gasteiger partial charge in [0.2, 0.25) is 0 Å². The summed E-state index contributed by atoms with van der Waals surface area (Å²) in [6.07, 6.45) is 0.730. The number of carbonyl (C=O) groups is 3. The molecule has 0 spiro atoms. The smallest absolute Gasteiger partial charge is 0.331 e. The quantitative estimate of drug-likeness (QED) is 0.693. The zero-order valence-corrected chi connectivity index (χ0v) is 13.2. The van der Waals surface area contributed by atoms with E-state index in [2.05, 4.69) is 5.32 Å². The maximum absolute atomic E-state index is 12.1. The lowest BCUT2D eigenvalue weighted by molar-refractivity contribution is -0.133. The molecule has 0 saturated heterocycles. The van der Waals surface area contributed by atoms with Crippen LogP contribution in [-0.4, -0.2) is 54.2 Å². The first kappa shape index (κ1) is 19.1. The number of carbonyl (C=O) groups excluding carboxylic acids is 2. The van der Waals surface area contributed by atoms with Crippen LogP contribution in [0.15, 0.2) is 11.1 Å². The Morgan fingerprint density at radius 2 is 1.81 bits per heavy atom. The number of rotatable bonds is 7. The summed E-state index contributed by atoms with van der Waals surface area (Å²) in [6, 6.07) is -0.609. The number of amides is 3. The summed E-state index contributed by atoms with van der Waals surface area (Å²) in [4.78, 5) is 36.3. The molecule has 3 amide bonds. The molecule has 1 unspecified atom stereocenters. The number of nitrogens with zero attached hydrogens (tertiary/aromatic N) is 1. The van der Waals surface area contributed by atoms with Crippen LogP contribution in [0.1, 0.15) is 34.1 Å². The molecule has 0 fully saturated rings. The molecule has 7 nitrogen and oxygen atoms in total. The van der Waals surface area contributed by atoms with Crippen molar-refractivity contribution in [3.05, 3.63) is 11.1 Å². The molecule has 0 aromatic rings. The molecule has 0 aliphatic carbocycles.